The molecule has 5 heteroatoms. The van der Waals surface area contributed by atoms with Crippen LogP contribution >= 0.6 is 0 Å². The summed E-state index contributed by atoms with van der Waals surface area (Å²) in [4.78, 5) is 24.9. The van der Waals surface area contributed by atoms with E-state index >= 15 is 0 Å². The van der Waals surface area contributed by atoms with E-state index in [1.54, 1.807) is 44.3 Å². The van der Waals surface area contributed by atoms with Gasteiger partial charge in [0, 0.05) is 31.8 Å². The molecule has 2 rings (SSSR count). The third kappa shape index (κ3) is 4.39. The number of amides is 2. The number of hydrogen-bond acceptors (Lipinski definition) is 2. The number of carbonyl (C=O) groups is 2. The Hall–Kier alpha value is -2.69. The van der Waals surface area contributed by atoms with Crippen molar-refractivity contribution in [3.63, 3.8) is 0 Å². The molecular formula is C18H19FN2O2. The zero-order valence-corrected chi connectivity index (χ0v) is 13.4. The molecule has 4 nitrogen and oxygen atoms in total. The van der Waals surface area contributed by atoms with Gasteiger partial charge in [-0.1, -0.05) is 12.1 Å². The summed E-state index contributed by atoms with van der Waals surface area (Å²) in [6, 6.07) is 11.6. The van der Waals surface area contributed by atoms with E-state index in [2.05, 4.69) is 5.32 Å². The number of hydrogen-bond donors (Lipinski definition) is 1. The van der Waals surface area contributed by atoms with Crippen LogP contribution < -0.4 is 5.32 Å². The number of nitrogens with zero attached hydrogens (tertiary/aromatic N) is 1. The Balaban J connectivity index is 2.06. The summed E-state index contributed by atoms with van der Waals surface area (Å²) in [5, 5.41) is 2.65. The summed E-state index contributed by atoms with van der Waals surface area (Å²) in [6.07, 6.45) is 0. The highest BCUT2D eigenvalue weighted by molar-refractivity contribution is 5.95. The lowest BCUT2D eigenvalue weighted by molar-refractivity contribution is -0.114. The average molecular weight is 314 g/mol. The second-order valence-corrected chi connectivity index (χ2v) is 5.50. The topological polar surface area (TPSA) is 49.4 Å². The third-order valence-corrected chi connectivity index (χ3v) is 3.45. The SMILES string of the molecule is CC(=O)Nc1ccc(C(=O)N(C)Cc2ccc(C)c(F)c2)cc1. The zero-order valence-electron chi connectivity index (χ0n) is 13.4. The number of nitrogens with one attached hydrogen (secondary N) is 1. The summed E-state index contributed by atoms with van der Waals surface area (Å²) in [7, 11) is 1.67. The Labute approximate surface area is 134 Å². The van der Waals surface area contributed by atoms with Crippen LogP contribution in [0.2, 0.25) is 0 Å². The van der Waals surface area contributed by atoms with Crippen LogP contribution in [0.25, 0.3) is 0 Å². The minimum atomic E-state index is -0.275. The number of carbonyl (C=O) groups excluding carboxylic acids is 2. The molecule has 23 heavy (non-hydrogen) atoms. The molecule has 1 N–H and O–H groups in total. The predicted octanol–water partition coefficient (Wildman–Crippen LogP) is 3.36. The number of halogens is 1. The predicted molar refractivity (Wildman–Crippen MR) is 87.7 cm³/mol. The molecule has 0 aromatic heterocycles. The highest BCUT2D eigenvalue weighted by Gasteiger charge is 2.12. The van der Waals surface area contributed by atoms with Gasteiger partial charge in [0.25, 0.3) is 5.91 Å². The first-order chi connectivity index (χ1) is 10.9. The fourth-order valence-electron chi connectivity index (χ4n) is 2.20. The Morgan fingerprint density at radius 1 is 1.13 bits per heavy atom. The monoisotopic (exact) mass is 314 g/mol. The van der Waals surface area contributed by atoms with E-state index in [0.717, 1.165) is 5.56 Å². The minimum absolute atomic E-state index is 0.164. The first-order valence-electron chi connectivity index (χ1n) is 7.25. The Morgan fingerprint density at radius 2 is 1.78 bits per heavy atom. The Bertz CT molecular complexity index is 726. The molecule has 0 spiro atoms. The van der Waals surface area contributed by atoms with Gasteiger partial charge >= 0.3 is 0 Å². The van der Waals surface area contributed by atoms with Gasteiger partial charge in [0.05, 0.1) is 0 Å². The molecule has 2 aromatic carbocycles. The second kappa shape index (κ2) is 7.05. The fraction of sp³-hybridized carbons (Fsp3) is 0.222. The van der Waals surface area contributed by atoms with Gasteiger partial charge in [-0.3, -0.25) is 9.59 Å². The molecule has 0 heterocycles. The van der Waals surface area contributed by atoms with Crippen LogP contribution in [0.5, 0.6) is 0 Å². The smallest absolute Gasteiger partial charge is 0.253 e. The van der Waals surface area contributed by atoms with Crippen molar-refractivity contribution >= 4 is 17.5 Å². The maximum atomic E-state index is 13.6. The zero-order chi connectivity index (χ0) is 17.0. The number of aryl methyl sites for hydroxylation is 1. The van der Waals surface area contributed by atoms with E-state index in [1.807, 2.05) is 6.07 Å². The maximum absolute atomic E-state index is 13.6. The third-order valence-electron chi connectivity index (χ3n) is 3.45. The van der Waals surface area contributed by atoms with E-state index < -0.39 is 0 Å². The van der Waals surface area contributed by atoms with Crippen LogP contribution in [0.15, 0.2) is 42.5 Å². The lowest BCUT2D eigenvalue weighted by atomic mass is 10.1. The maximum Gasteiger partial charge on any atom is 0.253 e. The molecule has 0 aliphatic carbocycles. The van der Waals surface area contributed by atoms with Crippen LogP contribution in [0.4, 0.5) is 10.1 Å². The lowest BCUT2D eigenvalue weighted by Crippen LogP contribution is -2.26. The molecule has 0 saturated carbocycles. The first-order valence-corrected chi connectivity index (χ1v) is 7.25. The van der Waals surface area contributed by atoms with Crippen LogP contribution in [0, 0.1) is 12.7 Å². The first kappa shape index (κ1) is 16.7. The minimum Gasteiger partial charge on any atom is -0.337 e. The number of rotatable bonds is 4. The molecule has 0 bridgehead atoms. The molecular weight excluding hydrogens is 295 g/mol. The summed E-state index contributed by atoms with van der Waals surface area (Å²) >= 11 is 0. The summed E-state index contributed by atoms with van der Waals surface area (Å²) < 4.78 is 13.6. The highest BCUT2D eigenvalue weighted by Crippen LogP contribution is 2.14. The van der Waals surface area contributed by atoms with Crippen molar-refractivity contribution in [1.29, 1.82) is 0 Å². The molecule has 0 aliphatic rings. The van der Waals surface area contributed by atoms with Gasteiger partial charge in [0.15, 0.2) is 0 Å². The van der Waals surface area contributed by atoms with Gasteiger partial charge in [-0.2, -0.15) is 0 Å². The molecule has 0 aliphatic heterocycles. The summed E-state index contributed by atoms with van der Waals surface area (Å²) in [6.45, 7) is 3.45. The van der Waals surface area contributed by atoms with Crippen molar-refractivity contribution in [3.8, 4) is 0 Å². The number of anilines is 1. The molecule has 0 atom stereocenters. The van der Waals surface area contributed by atoms with Crippen molar-refractivity contribution < 1.29 is 14.0 Å². The quantitative estimate of drug-likeness (QED) is 0.940. The van der Waals surface area contributed by atoms with Crippen molar-refractivity contribution in [2.75, 3.05) is 12.4 Å². The average Bonchev–Trinajstić information content (AvgIpc) is 2.50. The van der Waals surface area contributed by atoms with Crippen molar-refractivity contribution in [2.45, 2.75) is 20.4 Å². The van der Waals surface area contributed by atoms with E-state index in [1.165, 1.54) is 17.9 Å². The van der Waals surface area contributed by atoms with E-state index in [-0.39, 0.29) is 17.6 Å². The van der Waals surface area contributed by atoms with Gasteiger partial charge in [-0.05, 0) is 48.4 Å². The largest absolute Gasteiger partial charge is 0.337 e. The molecule has 0 fully saturated rings. The normalized spacial score (nSPS) is 10.3. The second-order valence-electron chi connectivity index (χ2n) is 5.50. The Kier molecular flexibility index (Phi) is 5.11. The van der Waals surface area contributed by atoms with Gasteiger partial charge in [-0.25, -0.2) is 4.39 Å². The molecule has 0 radical (unpaired) electrons. The molecule has 2 amide bonds. The molecule has 0 saturated heterocycles. The highest BCUT2D eigenvalue weighted by atomic mass is 19.1. The van der Waals surface area contributed by atoms with Crippen molar-refractivity contribution in [1.82, 2.24) is 4.90 Å². The van der Waals surface area contributed by atoms with E-state index in [0.29, 0.717) is 23.4 Å². The van der Waals surface area contributed by atoms with Crippen LogP contribution in [-0.4, -0.2) is 23.8 Å². The van der Waals surface area contributed by atoms with Crippen LogP contribution in [0.3, 0.4) is 0 Å². The van der Waals surface area contributed by atoms with Crippen LogP contribution in [0.1, 0.15) is 28.4 Å². The molecule has 0 unspecified atom stereocenters. The molecule has 120 valence electrons. The van der Waals surface area contributed by atoms with Gasteiger partial charge < -0.3 is 10.2 Å². The van der Waals surface area contributed by atoms with E-state index in [9.17, 15) is 14.0 Å². The van der Waals surface area contributed by atoms with E-state index in [4.69, 9.17) is 0 Å². The van der Waals surface area contributed by atoms with Crippen LogP contribution in [-0.2, 0) is 11.3 Å². The van der Waals surface area contributed by atoms with Crippen molar-refractivity contribution in [2.24, 2.45) is 0 Å². The molecule has 2 aromatic rings. The van der Waals surface area contributed by atoms with Gasteiger partial charge in [-0.15, -0.1) is 0 Å². The number of benzene rings is 2. The van der Waals surface area contributed by atoms with Gasteiger partial charge in [0.2, 0.25) is 5.91 Å². The van der Waals surface area contributed by atoms with Crippen molar-refractivity contribution in [3.05, 3.63) is 65.0 Å². The summed E-state index contributed by atoms with van der Waals surface area (Å²) in [5.74, 6) is -0.606. The van der Waals surface area contributed by atoms with Gasteiger partial charge in [0.1, 0.15) is 5.82 Å². The standard InChI is InChI=1S/C18H19FN2O2/c1-12-4-5-14(10-17(12)19)11-21(3)18(23)15-6-8-16(9-7-15)20-13(2)22/h4-10H,11H2,1-3H3,(H,20,22). The summed E-state index contributed by atoms with van der Waals surface area (Å²) in [5.41, 5.74) is 2.46. The Morgan fingerprint density at radius 3 is 2.35 bits per heavy atom. The fourth-order valence-corrected chi connectivity index (χ4v) is 2.20. The lowest BCUT2D eigenvalue weighted by Gasteiger charge is -2.18.